The lowest BCUT2D eigenvalue weighted by atomic mass is 10.1. The first-order valence-corrected chi connectivity index (χ1v) is 9.54. The van der Waals surface area contributed by atoms with E-state index in [-0.39, 0.29) is 21.2 Å². The summed E-state index contributed by atoms with van der Waals surface area (Å²) in [4.78, 5) is 22.3. The van der Waals surface area contributed by atoms with Crippen LogP contribution in [0.5, 0.6) is 0 Å². The Bertz CT molecular complexity index is 699. The minimum Gasteiger partial charge on any atom is -0.258 e. The van der Waals surface area contributed by atoms with Gasteiger partial charge in [0.25, 0.3) is 11.4 Å². The van der Waals surface area contributed by atoms with Gasteiger partial charge in [-0.3, -0.25) is 20.2 Å². The normalized spacial score (nSPS) is 14.3. The Morgan fingerprint density at radius 3 is 1.21 bits per heavy atom. The highest BCUT2D eigenvalue weighted by atomic mass is 32.2. The summed E-state index contributed by atoms with van der Waals surface area (Å²) in [6.07, 6.45) is 0. The molecule has 24 heavy (non-hydrogen) atoms. The van der Waals surface area contributed by atoms with Crippen molar-refractivity contribution in [3.63, 3.8) is 0 Å². The van der Waals surface area contributed by atoms with Crippen LogP contribution in [0.15, 0.2) is 36.4 Å². The molecule has 0 atom stereocenters. The highest BCUT2D eigenvalue weighted by molar-refractivity contribution is 7.98. The maximum atomic E-state index is 11.5. The summed E-state index contributed by atoms with van der Waals surface area (Å²) < 4.78 is 0. The summed E-state index contributed by atoms with van der Waals surface area (Å²) in [5.74, 6) is 1.82. The van der Waals surface area contributed by atoms with Gasteiger partial charge in [0.05, 0.1) is 9.85 Å². The number of nitro groups is 2. The van der Waals surface area contributed by atoms with Gasteiger partial charge in [0, 0.05) is 45.3 Å². The molecule has 8 heteroatoms. The molecule has 0 fully saturated rings. The molecular weight excluding hydrogens is 348 g/mol. The number of nitro benzene ring substituents is 2. The minimum absolute atomic E-state index is 0.177. The molecule has 0 aliphatic carbocycles. The SMILES string of the molecule is O=[N+]([O-])c1c2cccc1CSCc1cccc(c1[N+](=O)[O-])CSC2. The summed E-state index contributed by atoms with van der Waals surface area (Å²) in [6.45, 7) is 0. The third-order valence-electron chi connectivity index (χ3n) is 3.80. The summed E-state index contributed by atoms with van der Waals surface area (Å²) in [6, 6.07) is 10.7. The van der Waals surface area contributed by atoms with Gasteiger partial charge in [0.2, 0.25) is 0 Å². The van der Waals surface area contributed by atoms with Crippen molar-refractivity contribution in [3.8, 4) is 0 Å². The van der Waals surface area contributed by atoms with Crippen molar-refractivity contribution in [1.29, 1.82) is 0 Å². The minimum atomic E-state index is -0.320. The highest BCUT2D eigenvalue weighted by Gasteiger charge is 2.23. The predicted octanol–water partition coefficient (Wildman–Crippen LogP) is 4.68. The smallest absolute Gasteiger partial charge is 0.258 e. The van der Waals surface area contributed by atoms with Gasteiger partial charge in [-0.05, 0) is 0 Å². The van der Waals surface area contributed by atoms with E-state index in [2.05, 4.69) is 0 Å². The van der Waals surface area contributed by atoms with E-state index >= 15 is 0 Å². The molecule has 0 spiro atoms. The van der Waals surface area contributed by atoms with Crippen LogP contribution in [0.2, 0.25) is 0 Å². The van der Waals surface area contributed by atoms with Crippen LogP contribution < -0.4 is 0 Å². The van der Waals surface area contributed by atoms with Gasteiger partial charge in [0.15, 0.2) is 0 Å². The van der Waals surface area contributed by atoms with Crippen LogP contribution in [0.1, 0.15) is 22.3 Å². The second kappa shape index (κ2) is 7.23. The van der Waals surface area contributed by atoms with Gasteiger partial charge in [-0.15, -0.1) is 0 Å². The Hall–Kier alpha value is -2.06. The first kappa shape index (κ1) is 16.8. The van der Waals surface area contributed by atoms with E-state index in [1.165, 1.54) is 23.5 Å². The van der Waals surface area contributed by atoms with Gasteiger partial charge < -0.3 is 0 Å². The number of fused-ring (bicyclic) bond motifs is 4. The third kappa shape index (κ3) is 3.39. The first-order chi connectivity index (χ1) is 11.6. The van der Waals surface area contributed by atoms with Crippen LogP contribution in [0.3, 0.4) is 0 Å². The maximum absolute atomic E-state index is 11.5. The Kier molecular flexibility index (Phi) is 5.06. The first-order valence-electron chi connectivity index (χ1n) is 7.23. The number of hydrogen-bond acceptors (Lipinski definition) is 6. The molecule has 2 aromatic rings. The highest BCUT2D eigenvalue weighted by Crippen LogP contribution is 2.36. The quantitative estimate of drug-likeness (QED) is 0.569. The largest absolute Gasteiger partial charge is 0.277 e. The molecular formula is C16H14N2O4S2. The van der Waals surface area contributed by atoms with Crippen molar-refractivity contribution in [3.05, 3.63) is 78.9 Å². The lowest BCUT2D eigenvalue weighted by Gasteiger charge is -2.12. The molecule has 1 aliphatic rings. The molecule has 0 saturated heterocycles. The van der Waals surface area contributed by atoms with Crippen LogP contribution >= 0.6 is 23.5 Å². The summed E-state index contributed by atoms with van der Waals surface area (Å²) in [5, 5.41) is 22.9. The second-order valence-electron chi connectivity index (χ2n) is 5.35. The van der Waals surface area contributed by atoms with Crippen molar-refractivity contribution in [2.75, 3.05) is 0 Å². The van der Waals surface area contributed by atoms with Crippen LogP contribution in [0.4, 0.5) is 11.4 Å². The Morgan fingerprint density at radius 1 is 0.667 bits per heavy atom. The topological polar surface area (TPSA) is 86.3 Å². The van der Waals surface area contributed by atoms with Gasteiger partial charge in [-0.2, -0.15) is 23.5 Å². The van der Waals surface area contributed by atoms with Crippen molar-refractivity contribution in [1.82, 2.24) is 0 Å². The molecule has 0 N–H and O–H groups in total. The number of rotatable bonds is 2. The van der Waals surface area contributed by atoms with Crippen molar-refractivity contribution >= 4 is 34.9 Å². The molecule has 3 rings (SSSR count). The van der Waals surface area contributed by atoms with Crippen LogP contribution in [-0.2, 0) is 23.0 Å². The molecule has 124 valence electrons. The van der Waals surface area contributed by atoms with Gasteiger partial charge in [0.1, 0.15) is 0 Å². The average Bonchev–Trinajstić information content (AvgIpc) is 2.54. The van der Waals surface area contributed by atoms with E-state index in [9.17, 15) is 20.2 Å². The van der Waals surface area contributed by atoms with Crippen molar-refractivity contribution in [2.24, 2.45) is 0 Å². The van der Waals surface area contributed by atoms with E-state index in [1.54, 1.807) is 24.3 Å². The standard InChI is InChI=1S/C16H14N2O4S2/c19-17(20)15-11-3-1-4-12(15)8-24-10-14-6-2-5-13(9-23-7-11)16(14)18(21)22/h1-6H,7-10H2. The Labute approximate surface area is 146 Å². The summed E-state index contributed by atoms with van der Waals surface area (Å²) in [7, 11) is 0. The summed E-state index contributed by atoms with van der Waals surface area (Å²) >= 11 is 2.92. The molecule has 4 bridgehead atoms. The Balaban J connectivity index is 2.01. The average molecular weight is 362 g/mol. The number of nitrogens with zero attached hydrogens (tertiary/aromatic N) is 2. The number of hydrogen-bond donors (Lipinski definition) is 0. The maximum Gasteiger partial charge on any atom is 0.277 e. The zero-order valence-electron chi connectivity index (χ0n) is 12.6. The summed E-state index contributed by atoms with van der Waals surface area (Å²) in [5.41, 5.74) is 3.03. The van der Waals surface area contributed by atoms with Gasteiger partial charge in [-0.1, -0.05) is 36.4 Å². The molecule has 0 aromatic heterocycles. The fraction of sp³-hybridized carbons (Fsp3) is 0.250. The van der Waals surface area contributed by atoms with Crippen LogP contribution in [0.25, 0.3) is 0 Å². The zero-order valence-corrected chi connectivity index (χ0v) is 14.3. The van der Waals surface area contributed by atoms with E-state index in [4.69, 9.17) is 0 Å². The Morgan fingerprint density at radius 2 is 0.958 bits per heavy atom. The number of para-hydroxylation sites is 2. The molecule has 1 heterocycles. The van der Waals surface area contributed by atoms with Gasteiger partial charge >= 0.3 is 0 Å². The second-order valence-corrected chi connectivity index (χ2v) is 7.32. The molecule has 1 aliphatic heterocycles. The van der Waals surface area contributed by atoms with Crippen LogP contribution in [-0.4, -0.2) is 9.85 Å². The third-order valence-corrected chi connectivity index (χ3v) is 5.86. The predicted molar refractivity (Wildman–Crippen MR) is 96.2 cm³/mol. The molecule has 0 amide bonds. The number of benzene rings is 2. The van der Waals surface area contributed by atoms with E-state index in [0.29, 0.717) is 45.3 Å². The van der Waals surface area contributed by atoms with Gasteiger partial charge in [-0.25, -0.2) is 0 Å². The molecule has 2 aromatic carbocycles. The molecule has 0 unspecified atom stereocenters. The molecule has 6 nitrogen and oxygen atoms in total. The lowest BCUT2D eigenvalue weighted by molar-refractivity contribution is -0.386. The monoisotopic (exact) mass is 362 g/mol. The molecule has 0 radical (unpaired) electrons. The fourth-order valence-corrected chi connectivity index (χ4v) is 4.78. The lowest BCUT2D eigenvalue weighted by Crippen LogP contribution is -2.02. The van der Waals surface area contributed by atoms with Crippen molar-refractivity contribution in [2.45, 2.75) is 23.0 Å². The number of thioether (sulfide) groups is 2. The van der Waals surface area contributed by atoms with Crippen LogP contribution in [0, 0.1) is 20.2 Å². The van der Waals surface area contributed by atoms with Crippen molar-refractivity contribution < 1.29 is 9.85 Å². The van der Waals surface area contributed by atoms with E-state index in [0.717, 1.165) is 0 Å². The zero-order chi connectivity index (χ0) is 17.1. The van der Waals surface area contributed by atoms with E-state index < -0.39 is 0 Å². The molecule has 0 saturated carbocycles. The fourth-order valence-electron chi connectivity index (χ4n) is 2.77. The van der Waals surface area contributed by atoms with E-state index in [1.807, 2.05) is 12.1 Å².